The molecular formula is C25H48O5. The Morgan fingerprint density at radius 3 is 1.43 bits per heavy atom. The first-order valence-electron chi connectivity index (χ1n) is 12.5. The van der Waals surface area contributed by atoms with Crippen LogP contribution in [0.5, 0.6) is 0 Å². The van der Waals surface area contributed by atoms with Crippen molar-refractivity contribution in [3.8, 4) is 0 Å². The molecule has 178 valence electrons. The molecule has 0 radical (unpaired) electrons. The van der Waals surface area contributed by atoms with Gasteiger partial charge >= 0.3 is 0 Å². The van der Waals surface area contributed by atoms with Crippen LogP contribution in [0.3, 0.4) is 0 Å². The van der Waals surface area contributed by atoms with Gasteiger partial charge < -0.3 is 15.3 Å². The average Bonchev–Trinajstić information content (AvgIpc) is 2.75. The van der Waals surface area contributed by atoms with Gasteiger partial charge in [-0.3, -0.25) is 9.59 Å². The number of aliphatic hydroxyl groups is 3. The molecule has 2 unspecified atom stereocenters. The van der Waals surface area contributed by atoms with Gasteiger partial charge in [-0.25, -0.2) is 0 Å². The first-order valence-corrected chi connectivity index (χ1v) is 12.5. The van der Waals surface area contributed by atoms with E-state index in [1.165, 1.54) is 44.9 Å². The van der Waals surface area contributed by atoms with Gasteiger partial charge in [0.2, 0.25) is 0 Å². The topological polar surface area (TPSA) is 94.8 Å². The minimum atomic E-state index is -2.36. The average molecular weight is 429 g/mol. The smallest absolute Gasteiger partial charge is 0.178 e. The zero-order chi connectivity index (χ0) is 22.7. The van der Waals surface area contributed by atoms with Gasteiger partial charge in [-0.15, -0.1) is 0 Å². The third-order valence-corrected chi connectivity index (χ3v) is 6.02. The number of unbranched alkanes of at least 4 members (excludes halogenated alkanes) is 14. The summed E-state index contributed by atoms with van der Waals surface area (Å²) < 4.78 is 0. The molecule has 0 amide bonds. The van der Waals surface area contributed by atoms with Crippen molar-refractivity contribution in [2.75, 3.05) is 6.61 Å². The number of hydrogen-bond acceptors (Lipinski definition) is 5. The minimum Gasteiger partial charge on any atom is -0.393 e. The van der Waals surface area contributed by atoms with Crippen LogP contribution in [-0.4, -0.2) is 45.2 Å². The Hall–Kier alpha value is -0.780. The van der Waals surface area contributed by atoms with Crippen LogP contribution in [0.2, 0.25) is 0 Å². The lowest BCUT2D eigenvalue weighted by molar-refractivity contribution is -0.165. The van der Waals surface area contributed by atoms with Crippen LogP contribution in [0.15, 0.2) is 0 Å². The summed E-state index contributed by atoms with van der Waals surface area (Å²) >= 11 is 0. The SMILES string of the molecule is CCCCCCCCCCCCCC(=O)C(O)(CO)C(O)C(=O)CCCCCCC. The van der Waals surface area contributed by atoms with Gasteiger partial charge in [0.15, 0.2) is 23.3 Å². The molecule has 0 bridgehead atoms. The predicted octanol–water partition coefficient (Wildman–Crippen LogP) is 5.27. The van der Waals surface area contributed by atoms with E-state index in [0.29, 0.717) is 12.8 Å². The molecule has 30 heavy (non-hydrogen) atoms. The molecule has 0 fully saturated rings. The van der Waals surface area contributed by atoms with Gasteiger partial charge in [0.05, 0.1) is 6.61 Å². The summed E-state index contributed by atoms with van der Waals surface area (Å²) in [5.74, 6) is -1.19. The fraction of sp³-hybridized carbons (Fsp3) is 0.920. The minimum absolute atomic E-state index is 0.0783. The highest BCUT2D eigenvalue weighted by Gasteiger charge is 2.45. The van der Waals surface area contributed by atoms with E-state index in [-0.39, 0.29) is 12.8 Å². The molecule has 5 heteroatoms. The summed E-state index contributed by atoms with van der Waals surface area (Å²) in [7, 11) is 0. The molecule has 5 nitrogen and oxygen atoms in total. The van der Waals surface area contributed by atoms with Crippen molar-refractivity contribution in [3.05, 3.63) is 0 Å². The fourth-order valence-electron chi connectivity index (χ4n) is 3.80. The molecule has 0 heterocycles. The summed E-state index contributed by atoms with van der Waals surface area (Å²) in [4.78, 5) is 24.6. The molecule has 0 aliphatic carbocycles. The van der Waals surface area contributed by atoms with Crippen LogP contribution in [0.25, 0.3) is 0 Å². The maximum atomic E-state index is 12.4. The predicted molar refractivity (Wildman–Crippen MR) is 123 cm³/mol. The molecule has 0 aliphatic rings. The van der Waals surface area contributed by atoms with Crippen LogP contribution in [0.4, 0.5) is 0 Å². The van der Waals surface area contributed by atoms with Crippen molar-refractivity contribution >= 4 is 11.6 Å². The second kappa shape index (κ2) is 18.9. The van der Waals surface area contributed by atoms with Gasteiger partial charge in [-0.2, -0.15) is 0 Å². The second-order valence-electron chi connectivity index (χ2n) is 8.82. The first kappa shape index (κ1) is 29.2. The molecule has 0 aromatic rings. The Morgan fingerprint density at radius 1 is 0.667 bits per heavy atom. The number of Topliss-reactive ketones (excluding diaryl/α,β-unsaturated/α-hetero) is 2. The van der Waals surface area contributed by atoms with Crippen molar-refractivity contribution < 1.29 is 24.9 Å². The molecule has 2 atom stereocenters. The van der Waals surface area contributed by atoms with Crippen LogP contribution in [0.1, 0.15) is 129 Å². The number of carbonyl (C=O) groups is 2. The standard InChI is InChI=1S/C25H48O5/c1-3-5-7-9-10-11-12-13-14-16-18-20-23(28)25(30,21-26)24(29)22(27)19-17-15-8-6-4-2/h24,26,29-30H,3-21H2,1-2H3. The molecule has 0 aliphatic heterocycles. The lowest BCUT2D eigenvalue weighted by Crippen LogP contribution is -2.55. The van der Waals surface area contributed by atoms with E-state index in [1.807, 2.05) is 0 Å². The van der Waals surface area contributed by atoms with Gasteiger partial charge in [0, 0.05) is 12.8 Å². The first-order chi connectivity index (χ1) is 14.4. The molecule has 0 rings (SSSR count). The quantitative estimate of drug-likeness (QED) is 0.204. The maximum Gasteiger partial charge on any atom is 0.178 e. The lowest BCUT2D eigenvalue weighted by Gasteiger charge is -2.29. The molecular weight excluding hydrogens is 380 g/mol. The van der Waals surface area contributed by atoms with Crippen molar-refractivity contribution in [2.45, 2.75) is 141 Å². The van der Waals surface area contributed by atoms with Crippen LogP contribution < -0.4 is 0 Å². The van der Waals surface area contributed by atoms with Crippen molar-refractivity contribution in [3.63, 3.8) is 0 Å². The van der Waals surface area contributed by atoms with Gasteiger partial charge in [0.25, 0.3) is 0 Å². The molecule has 0 saturated carbocycles. The third kappa shape index (κ3) is 12.8. The second-order valence-corrected chi connectivity index (χ2v) is 8.82. The molecule has 0 aromatic heterocycles. The summed E-state index contributed by atoms with van der Waals surface area (Å²) in [5.41, 5.74) is -2.36. The summed E-state index contributed by atoms with van der Waals surface area (Å²) in [6.45, 7) is 3.41. The molecule has 3 N–H and O–H groups in total. The Balaban J connectivity index is 4.04. The van der Waals surface area contributed by atoms with E-state index in [2.05, 4.69) is 13.8 Å². The Labute approximate surface area is 184 Å². The largest absolute Gasteiger partial charge is 0.393 e. The van der Waals surface area contributed by atoms with Gasteiger partial charge in [-0.1, -0.05) is 104 Å². The highest BCUT2D eigenvalue weighted by atomic mass is 16.4. The normalized spacial score (nSPS) is 14.4. The van der Waals surface area contributed by atoms with E-state index in [9.17, 15) is 24.9 Å². The van der Waals surface area contributed by atoms with Crippen LogP contribution in [0, 0.1) is 0 Å². The zero-order valence-corrected chi connectivity index (χ0v) is 19.7. The Morgan fingerprint density at radius 2 is 1.03 bits per heavy atom. The van der Waals surface area contributed by atoms with Crippen LogP contribution >= 0.6 is 0 Å². The Kier molecular flexibility index (Phi) is 18.5. The summed E-state index contributed by atoms with van der Waals surface area (Å²) in [6, 6.07) is 0. The zero-order valence-electron chi connectivity index (χ0n) is 19.7. The van der Waals surface area contributed by atoms with E-state index in [4.69, 9.17) is 0 Å². The summed E-state index contributed by atoms with van der Waals surface area (Å²) in [5, 5.41) is 30.2. The van der Waals surface area contributed by atoms with E-state index in [1.54, 1.807) is 0 Å². The number of carbonyl (C=O) groups excluding carboxylic acids is 2. The van der Waals surface area contributed by atoms with Crippen molar-refractivity contribution in [1.29, 1.82) is 0 Å². The number of rotatable bonds is 22. The van der Waals surface area contributed by atoms with Gasteiger partial charge in [0.1, 0.15) is 0 Å². The van der Waals surface area contributed by atoms with E-state index >= 15 is 0 Å². The number of hydrogen-bond donors (Lipinski definition) is 3. The molecule has 0 aromatic carbocycles. The Bertz CT molecular complexity index is 437. The van der Waals surface area contributed by atoms with Crippen molar-refractivity contribution in [1.82, 2.24) is 0 Å². The number of ketones is 2. The monoisotopic (exact) mass is 428 g/mol. The summed E-state index contributed by atoms with van der Waals surface area (Å²) in [6.07, 6.45) is 15.8. The number of aliphatic hydroxyl groups excluding tert-OH is 2. The fourth-order valence-corrected chi connectivity index (χ4v) is 3.80. The highest BCUT2D eigenvalue weighted by Crippen LogP contribution is 2.20. The van der Waals surface area contributed by atoms with E-state index in [0.717, 1.165) is 44.9 Å². The molecule has 0 spiro atoms. The third-order valence-electron chi connectivity index (χ3n) is 6.02. The van der Waals surface area contributed by atoms with Crippen LogP contribution in [-0.2, 0) is 9.59 Å². The lowest BCUT2D eigenvalue weighted by atomic mass is 9.85. The molecule has 0 saturated heterocycles. The van der Waals surface area contributed by atoms with Crippen molar-refractivity contribution in [2.24, 2.45) is 0 Å². The van der Waals surface area contributed by atoms with E-state index < -0.39 is 29.9 Å². The highest BCUT2D eigenvalue weighted by molar-refractivity contribution is 5.96. The maximum absolute atomic E-state index is 12.4. The van der Waals surface area contributed by atoms with Gasteiger partial charge in [-0.05, 0) is 12.8 Å².